The highest BCUT2D eigenvalue weighted by molar-refractivity contribution is 6.02. The predicted molar refractivity (Wildman–Crippen MR) is 88.8 cm³/mol. The van der Waals surface area contributed by atoms with Crippen molar-refractivity contribution < 1.29 is 15.0 Å². The molecule has 3 aromatic rings. The standard InChI is InChI=1S/C19H15NO3/c21-18-9-12(17-10-20-17)6-7-15(18)14-3-1-2-11-4-5-13(19(22)23)8-16(11)14/h1-9,17,20-21H,10H2,(H,22,23). The van der Waals surface area contributed by atoms with Gasteiger partial charge in [-0.1, -0.05) is 36.4 Å². The van der Waals surface area contributed by atoms with Crippen LogP contribution in [0.3, 0.4) is 0 Å². The molecule has 1 aliphatic heterocycles. The molecule has 1 saturated heterocycles. The van der Waals surface area contributed by atoms with Gasteiger partial charge in [-0.05, 0) is 40.1 Å². The number of phenolic OH excluding ortho intramolecular Hbond substituents is 1. The van der Waals surface area contributed by atoms with Gasteiger partial charge in [-0.15, -0.1) is 0 Å². The van der Waals surface area contributed by atoms with E-state index in [0.717, 1.165) is 28.4 Å². The first kappa shape index (κ1) is 13.8. The molecule has 4 nitrogen and oxygen atoms in total. The number of fused-ring (bicyclic) bond motifs is 1. The van der Waals surface area contributed by atoms with Crippen LogP contribution in [0.5, 0.6) is 5.75 Å². The average Bonchev–Trinajstić information content (AvgIpc) is 3.39. The first-order valence-electron chi connectivity index (χ1n) is 7.46. The van der Waals surface area contributed by atoms with E-state index in [2.05, 4.69) is 5.32 Å². The maximum absolute atomic E-state index is 11.2. The molecule has 0 spiro atoms. The largest absolute Gasteiger partial charge is 0.507 e. The first-order chi connectivity index (χ1) is 11.1. The first-order valence-corrected chi connectivity index (χ1v) is 7.46. The van der Waals surface area contributed by atoms with Gasteiger partial charge in [-0.2, -0.15) is 0 Å². The molecule has 1 heterocycles. The van der Waals surface area contributed by atoms with Gasteiger partial charge in [-0.3, -0.25) is 0 Å². The molecule has 4 rings (SSSR count). The van der Waals surface area contributed by atoms with Crippen LogP contribution in [-0.2, 0) is 0 Å². The number of benzene rings is 3. The number of nitrogens with one attached hydrogen (secondary N) is 1. The quantitative estimate of drug-likeness (QED) is 0.646. The summed E-state index contributed by atoms with van der Waals surface area (Å²) < 4.78 is 0. The van der Waals surface area contributed by atoms with Crippen molar-refractivity contribution in [3.63, 3.8) is 0 Å². The zero-order chi connectivity index (χ0) is 16.0. The minimum Gasteiger partial charge on any atom is -0.507 e. The third-order valence-corrected chi connectivity index (χ3v) is 4.25. The van der Waals surface area contributed by atoms with Gasteiger partial charge in [0.05, 0.1) is 5.56 Å². The van der Waals surface area contributed by atoms with Crippen molar-refractivity contribution in [2.75, 3.05) is 6.54 Å². The van der Waals surface area contributed by atoms with Crippen LogP contribution in [0.2, 0.25) is 0 Å². The fraction of sp³-hybridized carbons (Fsp3) is 0.105. The highest BCUT2D eigenvalue weighted by Gasteiger charge is 2.23. The number of aromatic carboxylic acids is 1. The van der Waals surface area contributed by atoms with E-state index in [1.54, 1.807) is 24.3 Å². The summed E-state index contributed by atoms with van der Waals surface area (Å²) in [5.41, 5.74) is 2.85. The third-order valence-electron chi connectivity index (χ3n) is 4.25. The Morgan fingerprint density at radius 1 is 1.04 bits per heavy atom. The predicted octanol–water partition coefficient (Wildman–Crippen LogP) is 3.55. The van der Waals surface area contributed by atoms with Crippen molar-refractivity contribution in [3.05, 3.63) is 65.7 Å². The van der Waals surface area contributed by atoms with Crippen LogP contribution < -0.4 is 5.32 Å². The second-order valence-corrected chi connectivity index (χ2v) is 5.78. The molecule has 3 N–H and O–H groups in total. The maximum Gasteiger partial charge on any atom is 0.335 e. The highest BCUT2D eigenvalue weighted by atomic mass is 16.4. The van der Waals surface area contributed by atoms with Crippen molar-refractivity contribution in [3.8, 4) is 16.9 Å². The summed E-state index contributed by atoms with van der Waals surface area (Å²) in [5, 5.41) is 24.6. The van der Waals surface area contributed by atoms with E-state index in [0.29, 0.717) is 11.6 Å². The summed E-state index contributed by atoms with van der Waals surface area (Å²) in [4.78, 5) is 11.2. The van der Waals surface area contributed by atoms with Gasteiger partial charge in [0, 0.05) is 18.2 Å². The Kier molecular flexibility index (Phi) is 3.06. The molecule has 3 aromatic carbocycles. The van der Waals surface area contributed by atoms with E-state index in [-0.39, 0.29) is 11.3 Å². The zero-order valence-corrected chi connectivity index (χ0v) is 12.3. The van der Waals surface area contributed by atoms with Crippen LogP contribution in [0.1, 0.15) is 22.0 Å². The molecular weight excluding hydrogens is 290 g/mol. The highest BCUT2D eigenvalue weighted by Crippen LogP contribution is 2.37. The van der Waals surface area contributed by atoms with Crippen LogP contribution >= 0.6 is 0 Å². The van der Waals surface area contributed by atoms with Crippen LogP contribution in [-0.4, -0.2) is 22.7 Å². The Bertz CT molecular complexity index is 929. The van der Waals surface area contributed by atoms with E-state index in [1.165, 1.54) is 0 Å². The molecule has 1 unspecified atom stereocenters. The zero-order valence-electron chi connectivity index (χ0n) is 12.3. The second kappa shape index (κ2) is 5.11. The minimum absolute atomic E-state index is 0.212. The van der Waals surface area contributed by atoms with E-state index >= 15 is 0 Å². The number of hydrogen-bond acceptors (Lipinski definition) is 3. The van der Waals surface area contributed by atoms with E-state index in [4.69, 9.17) is 0 Å². The Balaban J connectivity index is 1.90. The molecule has 0 saturated carbocycles. The Morgan fingerprint density at radius 3 is 2.57 bits per heavy atom. The number of carbonyl (C=O) groups is 1. The smallest absolute Gasteiger partial charge is 0.335 e. The Morgan fingerprint density at radius 2 is 1.87 bits per heavy atom. The molecule has 0 aromatic heterocycles. The minimum atomic E-state index is -0.957. The lowest BCUT2D eigenvalue weighted by molar-refractivity contribution is 0.0697. The molecule has 1 fully saturated rings. The molecule has 0 radical (unpaired) electrons. The van der Waals surface area contributed by atoms with E-state index in [9.17, 15) is 15.0 Å². The van der Waals surface area contributed by atoms with Crippen molar-refractivity contribution in [2.45, 2.75) is 6.04 Å². The third kappa shape index (κ3) is 2.43. The molecule has 1 aliphatic rings. The summed E-state index contributed by atoms with van der Waals surface area (Å²) in [7, 11) is 0. The molecule has 1 atom stereocenters. The normalized spacial score (nSPS) is 16.4. The topological polar surface area (TPSA) is 79.5 Å². The lowest BCUT2D eigenvalue weighted by Gasteiger charge is -2.11. The van der Waals surface area contributed by atoms with Crippen molar-refractivity contribution in [1.82, 2.24) is 5.32 Å². The van der Waals surface area contributed by atoms with Crippen LogP contribution in [0.15, 0.2) is 54.6 Å². The molecule has 0 aliphatic carbocycles. The molecule has 0 amide bonds. The van der Waals surface area contributed by atoms with Gasteiger partial charge in [0.15, 0.2) is 0 Å². The van der Waals surface area contributed by atoms with Crippen LogP contribution in [0, 0.1) is 0 Å². The van der Waals surface area contributed by atoms with Crippen LogP contribution in [0.25, 0.3) is 21.9 Å². The van der Waals surface area contributed by atoms with Gasteiger partial charge in [-0.25, -0.2) is 4.79 Å². The number of rotatable bonds is 3. The number of phenols is 1. The summed E-state index contributed by atoms with van der Waals surface area (Å²) >= 11 is 0. The van der Waals surface area contributed by atoms with E-state index < -0.39 is 5.97 Å². The second-order valence-electron chi connectivity index (χ2n) is 5.78. The summed E-state index contributed by atoms with van der Waals surface area (Å²) in [6, 6.07) is 16.8. The van der Waals surface area contributed by atoms with Crippen molar-refractivity contribution >= 4 is 16.7 Å². The summed E-state index contributed by atoms with van der Waals surface area (Å²) in [5.74, 6) is -0.745. The number of carboxylic acid groups (broad SMARTS) is 1. The maximum atomic E-state index is 11.2. The van der Waals surface area contributed by atoms with Gasteiger partial charge >= 0.3 is 5.97 Å². The van der Waals surface area contributed by atoms with E-state index in [1.807, 2.05) is 30.3 Å². The van der Waals surface area contributed by atoms with Gasteiger partial charge in [0.1, 0.15) is 5.75 Å². The molecule has 23 heavy (non-hydrogen) atoms. The number of hydrogen-bond donors (Lipinski definition) is 3. The van der Waals surface area contributed by atoms with Gasteiger partial charge in [0.25, 0.3) is 0 Å². The molecule has 0 bridgehead atoms. The molecular formula is C19H15NO3. The number of aromatic hydroxyl groups is 1. The SMILES string of the molecule is O=C(O)c1ccc2cccc(-c3ccc(C4CN4)cc3O)c2c1. The van der Waals surface area contributed by atoms with Crippen molar-refractivity contribution in [1.29, 1.82) is 0 Å². The molecule has 114 valence electrons. The Labute approximate surface area is 133 Å². The lowest BCUT2D eigenvalue weighted by Crippen LogP contribution is -1.96. The molecule has 4 heteroatoms. The average molecular weight is 305 g/mol. The van der Waals surface area contributed by atoms with Crippen molar-refractivity contribution in [2.24, 2.45) is 0 Å². The summed E-state index contributed by atoms with van der Waals surface area (Å²) in [6.45, 7) is 0.940. The monoisotopic (exact) mass is 305 g/mol. The van der Waals surface area contributed by atoms with Crippen LogP contribution in [0.4, 0.5) is 0 Å². The fourth-order valence-corrected chi connectivity index (χ4v) is 2.93. The van der Waals surface area contributed by atoms with Gasteiger partial charge < -0.3 is 15.5 Å². The number of carboxylic acids is 1. The summed E-state index contributed by atoms with van der Waals surface area (Å²) in [6.07, 6.45) is 0. The van der Waals surface area contributed by atoms with Gasteiger partial charge in [0.2, 0.25) is 0 Å². The lowest BCUT2D eigenvalue weighted by atomic mass is 9.95. The fourth-order valence-electron chi connectivity index (χ4n) is 2.93. The Hall–Kier alpha value is -2.85.